The molecule has 0 rings (SSSR count). The van der Waals surface area contributed by atoms with Crippen LogP contribution in [0, 0.1) is 0 Å². The van der Waals surface area contributed by atoms with Crippen molar-refractivity contribution in [2.75, 3.05) is 0 Å². The van der Waals surface area contributed by atoms with E-state index in [2.05, 4.69) is 13.2 Å². The summed E-state index contributed by atoms with van der Waals surface area (Å²) in [5.41, 5.74) is 1.14. The average Bonchev–Trinajstić information content (AvgIpc) is 1.83. The van der Waals surface area contributed by atoms with Gasteiger partial charge in [0, 0.05) is 11.5 Å². The lowest BCUT2D eigenvalue weighted by molar-refractivity contribution is 1.31. The van der Waals surface area contributed by atoms with Gasteiger partial charge in [0.25, 0.3) is 0 Å². The van der Waals surface area contributed by atoms with Gasteiger partial charge in [-0.2, -0.15) is 0 Å². The minimum Gasteiger partial charge on any atom is -0.0988 e. The average molecular weight is 143 g/mol. The van der Waals surface area contributed by atoms with E-state index in [1.165, 1.54) is 0 Å². The lowest BCUT2D eigenvalue weighted by Gasteiger charge is -1.89. The van der Waals surface area contributed by atoms with Crippen molar-refractivity contribution in [1.82, 2.24) is 0 Å². The number of allylic oxidation sites excluding steroid dienone is 4. The van der Waals surface area contributed by atoms with Crippen molar-refractivity contribution < 1.29 is 0 Å². The van der Waals surface area contributed by atoms with Crippen LogP contribution in [0.5, 0.6) is 0 Å². The van der Waals surface area contributed by atoms with Gasteiger partial charge in [-0.1, -0.05) is 42.5 Å². The van der Waals surface area contributed by atoms with E-state index in [4.69, 9.17) is 11.6 Å². The summed E-state index contributed by atoms with van der Waals surface area (Å²) in [5, 5.41) is 0.663. The summed E-state index contributed by atoms with van der Waals surface area (Å²) < 4.78 is 0. The molecule has 0 aromatic heterocycles. The number of hydrogen-bond acceptors (Lipinski definition) is 0. The normalized spacial score (nSPS) is 11.1. The quantitative estimate of drug-likeness (QED) is 0.531. The highest BCUT2D eigenvalue weighted by atomic mass is 35.5. The molecule has 9 heavy (non-hydrogen) atoms. The molecular weight excluding hydrogens is 132 g/mol. The Labute approximate surface area is 61.5 Å². The second-order valence-corrected chi connectivity index (χ2v) is 2.41. The molecule has 0 atom stereocenters. The van der Waals surface area contributed by atoms with Crippen molar-refractivity contribution in [3.8, 4) is 0 Å². The molecule has 0 amide bonds. The topological polar surface area (TPSA) is 0 Å². The maximum absolute atomic E-state index is 5.51. The Morgan fingerprint density at radius 2 is 2.22 bits per heavy atom. The van der Waals surface area contributed by atoms with Crippen LogP contribution in [0.3, 0.4) is 0 Å². The van der Waals surface area contributed by atoms with E-state index in [9.17, 15) is 0 Å². The van der Waals surface area contributed by atoms with Gasteiger partial charge in [0.1, 0.15) is 0 Å². The van der Waals surface area contributed by atoms with E-state index in [-0.39, 0.29) is 0 Å². The molecule has 0 saturated heterocycles. The Morgan fingerprint density at radius 3 is 2.56 bits per heavy atom. The van der Waals surface area contributed by atoms with Crippen molar-refractivity contribution in [3.05, 3.63) is 35.9 Å². The van der Waals surface area contributed by atoms with Gasteiger partial charge in [0.15, 0.2) is 0 Å². The Morgan fingerprint density at radius 1 is 1.67 bits per heavy atom. The first-order valence-electron chi connectivity index (χ1n) is 2.79. The molecule has 0 aliphatic rings. The minimum absolute atomic E-state index is 0.663. The highest BCUT2D eigenvalue weighted by molar-refractivity contribution is 6.29. The van der Waals surface area contributed by atoms with E-state index < -0.39 is 0 Å². The fourth-order valence-electron chi connectivity index (χ4n) is 0.355. The maximum Gasteiger partial charge on any atom is 0.0147 e. The molecule has 0 aromatic rings. The van der Waals surface area contributed by atoms with Crippen LogP contribution in [-0.2, 0) is 0 Å². The zero-order valence-corrected chi connectivity index (χ0v) is 6.41. The molecule has 0 aliphatic carbocycles. The van der Waals surface area contributed by atoms with E-state index in [1.54, 1.807) is 6.08 Å². The Hall–Kier alpha value is -0.490. The molecule has 0 heterocycles. The molecule has 0 saturated carbocycles. The van der Waals surface area contributed by atoms with Crippen LogP contribution in [0.15, 0.2) is 35.9 Å². The zero-order chi connectivity index (χ0) is 7.28. The van der Waals surface area contributed by atoms with Crippen LogP contribution >= 0.6 is 11.6 Å². The largest absolute Gasteiger partial charge is 0.0988 e. The molecule has 50 valence electrons. The third kappa shape index (κ3) is 5.38. The van der Waals surface area contributed by atoms with Gasteiger partial charge in [0.05, 0.1) is 0 Å². The fraction of sp³-hybridized carbons (Fsp3) is 0.250. The summed E-state index contributed by atoms with van der Waals surface area (Å²) >= 11 is 5.51. The summed E-state index contributed by atoms with van der Waals surface area (Å²) in [5.74, 6) is 0. The van der Waals surface area contributed by atoms with Gasteiger partial charge in [-0.05, 0) is 6.92 Å². The molecular formula is C8H11Cl. The number of rotatable bonds is 3. The van der Waals surface area contributed by atoms with Crippen LogP contribution < -0.4 is 0 Å². The molecule has 0 unspecified atom stereocenters. The third-order valence-corrected chi connectivity index (χ3v) is 1.12. The van der Waals surface area contributed by atoms with Gasteiger partial charge < -0.3 is 0 Å². The van der Waals surface area contributed by atoms with Crippen LogP contribution in [0.2, 0.25) is 0 Å². The second-order valence-electron chi connectivity index (χ2n) is 1.87. The van der Waals surface area contributed by atoms with Gasteiger partial charge in [0.2, 0.25) is 0 Å². The first-order chi connectivity index (χ1) is 4.16. The van der Waals surface area contributed by atoms with Crippen LogP contribution in [0.25, 0.3) is 0 Å². The van der Waals surface area contributed by atoms with Crippen LogP contribution in [0.4, 0.5) is 0 Å². The second kappa shape index (κ2) is 4.39. The third-order valence-electron chi connectivity index (χ3n) is 0.968. The van der Waals surface area contributed by atoms with E-state index in [0.717, 1.165) is 12.0 Å². The summed E-state index contributed by atoms with van der Waals surface area (Å²) in [4.78, 5) is 0. The Bertz CT molecular complexity index is 143. The Kier molecular flexibility index (Phi) is 4.16. The lowest BCUT2D eigenvalue weighted by atomic mass is 10.2. The SMILES string of the molecule is C=C/C(C)=C\CC(=C)Cl. The maximum atomic E-state index is 5.51. The molecule has 0 nitrogen and oxygen atoms in total. The number of halogens is 1. The standard InChI is InChI=1S/C8H11Cl/c1-4-7(2)5-6-8(3)9/h4-5H,1,3,6H2,2H3/b7-5-. The first kappa shape index (κ1) is 8.51. The smallest absolute Gasteiger partial charge is 0.0147 e. The van der Waals surface area contributed by atoms with Gasteiger partial charge in [-0.15, -0.1) is 0 Å². The molecule has 0 radical (unpaired) electrons. The molecule has 0 N–H and O–H groups in total. The highest BCUT2D eigenvalue weighted by Crippen LogP contribution is 2.06. The summed E-state index contributed by atoms with van der Waals surface area (Å²) in [6.45, 7) is 9.12. The molecule has 0 aliphatic heterocycles. The van der Waals surface area contributed by atoms with Crippen molar-refractivity contribution in [1.29, 1.82) is 0 Å². The van der Waals surface area contributed by atoms with Gasteiger partial charge in [-0.3, -0.25) is 0 Å². The van der Waals surface area contributed by atoms with Crippen molar-refractivity contribution in [2.24, 2.45) is 0 Å². The molecule has 0 fully saturated rings. The summed E-state index contributed by atoms with van der Waals surface area (Å²) in [6.07, 6.45) is 4.52. The fourth-order valence-corrected chi connectivity index (χ4v) is 0.432. The molecule has 0 aromatic carbocycles. The van der Waals surface area contributed by atoms with Gasteiger partial charge in [-0.25, -0.2) is 0 Å². The number of hydrogen-bond donors (Lipinski definition) is 0. The molecule has 1 heteroatoms. The molecule has 0 bridgehead atoms. The predicted octanol–water partition coefficient (Wildman–Crippen LogP) is 3.26. The summed E-state index contributed by atoms with van der Waals surface area (Å²) in [6, 6.07) is 0. The van der Waals surface area contributed by atoms with Crippen LogP contribution in [0.1, 0.15) is 13.3 Å². The van der Waals surface area contributed by atoms with E-state index >= 15 is 0 Å². The monoisotopic (exact) mass is 142 g/mol. The predicted molar refractivity (Wildman–Crippen MR) is 43.6 cm³/mol. The van der Waals surface area contributed by atoms with Crippen molar-refractivity contribution >= 4 is 11.6 Å². The first-order valence-corrected chi connectivity index (χ1v) is 3.17. The lowest BCUT2D eigenvalue weighted by Crippen LogP contribution is -1.68. The molecule has 0 spiro atoms. The van der Waals surface area contributed by atoms with Crippen molar-refractivity contribution in [2.45, 2.75) is 13.3 Å². The van der Waals surface area contributed by atoms with E-state index in [0.29, 0.717) is 5.03 Å². The van der Waals surface area contributed by atoms with Gasteiger partial charge >= 0.3 is 0 Å². The highest BCUT2D eigenvalue weighted by Gasteiger charge is 1.82. The summed E-state index contributed by atoms with van der Waals surface area (Å²) in [7, 11) is 0. The minimum atomic E-state index is 0.663. The Balaban J connectivity index is 3.69. The zero-order valence-electron chi connectivity index (χ0n) is 5.65. The van der Waals surface area contributed by atoms with Crippen LogP contribution in [-0.4, -0.2) is 0 Å². The van der Waals surface area contributed by atoms with E-state index in [1.807, 2.05) is 13.0 Å². The van der Waals surface area contributed by atoms with Crippen molar-refractivity contribution in [3.63, 3.8) is 0 Å².